The zero-order valence-corrected chi connectivity index (χ0v) is 15.5. The van der Waals surface area contributed by atoms with Crippen molar-refractivity contribution in [1.29, 1.82) is 0 Å². The van der Waals surface area contributed by atoms with Gasteiger partial charge in [0.25, 0.3) is 0 Å². The number of nitrogens with zero attached hydrogens (tertiary/aromatic N) is 4. The van der Waals surface area contributed by atoms with Crippen LogP contribution in [0.4, 0.5) is 0 Å². The molecule has 3 heterocycles. The number of likely N-dealkylation sites (tertiary alicyclic amines) is 1. The van der Waals surface area contributed by atoms with E-state index in [1.165, 1.54) is 0 Å². The Labute approximate surface area is 159 Å². The molecule has 3 aromatic rings. The summed E-state index contributed by atoms with van der Waals surface area (Å²) in [4.78, 5) is 11.0. The van der Waals surface area contributed by atoms with Crippen LogP contribution in [-0.4, -0.2) is 39.7 Å². The number of piperidine rings is 1. The first-order valence-electron chi connectivity index (χ1n) is 9.41. The zero-order chi connectivity index (χ0) is 18.5. The van der Waals surface area contributed by atoms with Gasteiger partial charge in [0.05, 0.1) is 18.0 Å². The van der Waals surface area contributed by atoms with Crippen molar-refractivity contribution in [2.24, 2.45) is 5.92 Å². The first kappa shape index (κ1) is 17.7. The summed E-state index contributed by atoms with van der Waals surface area (Å²) < 4.78 is 11.1. The molecule has 6 heteroatoms. The lowest BCUT2D eigenvalue weighted by Gasteiger charge is -2.31. The number of hydrogen-bond acceptors (Lipinski definition) is 6. The summed E-state index contributed by atoms with van der Waals surface area (Å²) in [6.45, 7) is 5.59. The van der Waals surface area contributed by atoms with Gasteiger partial charge in [0.2, 0.25) is 5.88 Å². The zero-order valence-electron chi connectivity index (χ0n) is 15.5. The second-order valence-electron chi connectivity index (χ2n) is 7.07. The second-order valence-corrected chi connectivity index (χ2v) is 7.07. The fourth-order valence-corrected chi connectivity index (χ4v) is 3.42. The predicted octanol–water partition coefficient (Wildman–Crippen LogP) is 3.73. The maximum Gasteiger partial charge on any atom is 0.216 e. The molecule has 0 atom stereocenters. The number of rotatable bonds is 6. The molecule has 0 saturated carbocycles. The molecule has 6 nitrogen and oxygen atoms in total. The minimum Gasteiger partial charge on any atom is -0.477 e. The molecule has 0 unspecified atom stereocenters. The van der Waals surface area contributed by atoms with Crippen LogP contribution in [-0.2, 0) is 6.54 Å². The molecular formula is C21H24N4O2. The quantitative estimate of drug-likeness (QED) is 0.664. The second kappa shape index (κ2) is 8.31. The molecule has 0 N–H and O–H groups in total. The van der Waals surface area contributed by atoms with Crippen molar-refractivity contribution in [2.75, 3.05) is 19.7 Å². The minimum atomic E-state index is 0.551. The topological polar surface area (TPSA) is 64.3 Å². The fourth-order valence-electron chi connectivity index (χ4n) is 3.42. The monoisotopic (exact) mass is 364 g/mol. The molecule has 0 amide bonds. The van der Waals surface area contributed by atoms with Gasteiger partial charge in [-0.15, -0.1) is 0 Å². The molecule has 4 rings (SSSR count). The van der Waals surface area contributed by atoms with E-state index in [4.69, 9.17) is 9.26 Å². The van der Waals surface area contributed by atoms with Crippen LogP contribution >= 0.6 is 0 Å². The van der Waals surface area contributed by atoms with E-state index in [1.54, 1.807) is 6.33 Å². The van der Waals surface area contributed by atoms with Crippen LogP contribution < -0.4 is 4.74 Å². The molecule has 0 radical (unpaired) electrons. The maximum atomic E-state index is 5.97. The number of aromatic nitrogens is 3. The van der Waals surface area contributed by atoms with Gasteiger partial charge in [0, 0.05) is 24.2 Å². The van der Waals surface area contributed by atoms with Crippen molar-refractivity contribution in [3.05, 3.63) is 60.2 Å². The molecule has 1 aromatic carbocycles. The Morgan fingerprint density at radius 2 is 1.93 bits per heavy atom. The first-order valence-corrected chi connectivity index (χ1v) is 9.41. The summed E-state index contributed by atoms with van der Waals surface area (Å²) in [7, 11) is 0. The third-order valence-corrected chi connectivity index (χ3v) is 4.95. The highest BCUT2D eigenvalue weighted by Gasteiger charge is 2.21. The van der Waals surface area contributed by atoms with Crippen LogP contribution in [0.5, 0.6) is 5.88 Å². The number of benzene rings is 1. The van der Waals surface area contributed by atoms with Crippen molar-refractivity contribution >= 4 is 0 Å². The van der Waals surface area contributed by atoms with Crippen molar-refractivity contribution < 1.29 is 9.26 Å². The van der Waals surface area contributed by atoms with E-state index >= 15 is 0 Å². The van der Waals surface area contributed by atoms with Crippen molar-refractivity contribution in [3.8, 4) is 17.1 Å². The maximum absolute atomic E-state index is 5.97. The van der Waals surface area contributed by atoms with E-state index in [9.17, 15) is 0 Å². The molecule has 1 aliphatic heterocycles. The molecule has 2 aromatic heterocycles. The summed E-state index contributed by atoms with van der Waals surface area (Å²) in [6, 6.07) is 14.0. The Hall–Kier alpha value is -2.73. The van der Waals surface area contributed by atoms with Crippen LogP contribution in [0.25, 0.3) is 11.3 Å². The van der Waals surface area contributed by atoms with Crippen molar-refractivity contribution in [3.63, 3.8) is 0 Å². The first-order chi connectivity index (χ1) is 13.3. The molecule has 1 saturated heterocycles. The van der Waals surface area contributed by atoms with E-state index in [0.29, 0.717) is 18.4 Å². The summed E-state index contributed by atoms with van der Waals surface area (Å²) in [5, 5.41) is 4.08. The normalized spacial score (nSPS) is 15.7. The fraction of sp³-hybridized carbons (Fsp3) is 0.381. The molecule has 140 valence electrons. The summed E-state index contributed by atoms with van der Waals surface area (Å²) >= 11 is 0. The molecular weight excluding hydrogens is 340 g/mol. The molecule has 0 spiro atoms. The Kier molecular flexibility index (Phi) is 5.44. The average Bonchev–Trinajstić information content (AvgIpc) is 3.13. The van der Waals surface area contributed by atoms with Gasteiger partial charge in [-0.1, -0.05) is 35.5 Å². The van der Waals surface area contributed by atoms with E-state index in [2.05, 4.69) is 20.0 Å². The summed E-state index contributed by atoms with van der Waals surface area (Å²) in [6.07, 6.45) is 3.81. The van der Waals surface area contributed by atoms with E-state index in [1.807, 2.05) is 49.4 Å². The number of aryl methyl sites for hydroxylation is 1. The van der Waals surface area contributed by atoms with Gasteiger partial charge >= 0.3 is 0 Å². The Balaban J connectivity index is 1.26. The summed E-state index contributed by atoms with van der Waals surface area (Å²) in [5.41, 5.74) is 2.97. The Morgan fingerprint density at radius 1 is 1.11 bits per heavy atom. The molecule has 1 aliphatic rings. The highest BCUT2D eigenvalue weighted by molar-refractivity contribution is 5.59. The van der Waals surface area contributed by atoms with E-state index in [0.717, 1.165) is 55.2 Å². The molecule has 27 heavy (non-hydrogen) atoms. The SMILES string of the molecule is Cc1cc(CN2CCC(COc3cc(-c4ccccc4)ncn3)CC2)no1. The predicted molar refractivity (Wildman–Crippen MR) is 102 cm³/mol. The molecule has 1 fully saturated rings. The summed E-state index contributed by atoms with van der Waals surface area (Å²) in [5.74, 6) is 2.06. The van der Waals surface area contributed by atoms with Gasteiger partial charge in [-0.2, -0.15) is 0 Å². The minimum absolute atomic E-state index is 0.551. The number of ether oxygens (including phenoxy) is 1. The van der Waals surface area contributed by atoms with Gasteiger partial charge in [-0.25, -0.2) is 9.97 Å². The van der Waals surface area contributed by atoms with Crippen LogP contribution in [0.15, 0.2) is 53.3 Å². The van der Waals surface area contributed by atoms with Gasteiger partial charge in [0.15, 0.2) is 0 Å². The standard InChI is InChI=1S/C21H24N4O2/c1-16-11-19(24-27-16)13-25-9-7-17(8-10-25)14-26-21-12-20(22-15-23-21)18-5-3-2-4-6-18/h2-6,11-12,15,17H,7-10,13-14H2,1H3. The highest BCUT2D eigenvalue weighted by atomic mass is 16.5. The highest BCUT2D eigenvalue weighted by Crippen LogP contribution is 2.22. The molecule has 0 bridgehead atoms. The third-order valence-electron chi connectivity index (χ3n) is 4.95. The smallest absolute Gasteiger partial charge is 0.216 e. The largest absolute Gasteiger partial charge is 0.477 e. The van der Waals surface area contributed by atoms with Crippen LogP contribution in [0.3, 0.4) is 0 Å². The lowest BCUT2D eigenvalue weighted by atomic mass is 9.98. The Morgan fingerprint density at radius 3 is 2.67 bits per heavy atom. The van der Waals surface area contributed by atoms with Gasteiger partial charge < -0.3 is 9.26 Å². The average molecular weight is 364 g/mol. The van der Waals surface area contributed by atoms with Crippen molar-refractivity contribution in [2.45, 2.75) is 26.3 Å². The van der Waals surface area contributed by atoms with Gasteiger partial charge in [0.1, 0.15) is 12.1 Å². The van der Waals surface area contributed by atoms with E-state index in [-0.39, 0.29) is 0 Å². The lowest BCUT2D eigenvalue weighted by Crippen LogP contribution is -2.35. The van der Waals surface area contributed by atoms with Crippen molar-refractivity contribution in [1.82, 2.24) is 20.0 Å². The van der Waals surface area contributed by atoms with Crippen LogP contribution in [0.2, 0.25) is 0 Å². The number of hydrogen-bond donors (Lipinski definition) is 0. The van der Waals surface area contributed by atoms with Crippen LogP contribution in [0, 0.1) is 12.8 Å². The van der Waals surface area contributed by atoms with Gasteiger partial charge in [-0.3, -0.25) is 4.90 Å². The third kappa shape index (κ3) is 4.71. The van der Waals surface area contributed by atoms with E-state index < -0.39 is 0 Å². The molecule has 0 aliphatic carbocycles. The lowest BCUT2D eigenvalue weighted by molar-refractivity contribution is 0.132. The Bertz CT molecular complexity index is 857. The van der Waals surface area contributed by atoms with Crippen LogP contribution in [0.1, 0.15) is 24.3 Å². The van der Waals surface area contributed by atoms with Gasteiger partial charge in [-0.05, 0) is 38.8 Å².